The second kappa shape index (κ2) is 9.01. The van der Waals surface area contributed by atoms with Crippen LogP contribution in [0.15, 0.2) is 35.5 Å². The lowest BCUT2D eigenvalue weighted by molar-refractivity contribution is -0.138. The lowest BCUT2D eigenvalue weighted by Crippen LogP contribution is -2.24. The average Bonchev–Trinajstić information content (AvgIpc) is 3.03. The van der Waals surface area contributed by atoms with Gasteiger partial charge in [-0.25, -0.2) is 4.79 Å². The number of rotatable bonds is 7. The average molecular weight is 412 g/mol. The van der Waals surface area contributed by atoms with E-state index in [2.05, 4.69) is 18.3 Å². The van der Waals surface area contributed by atoms with Gasteiger partial charge in [-0.05, 0) is 38.0 Å². The van der Waals surface area contributed by atoms with Crippen molar-refractivity contribution in [1.82, 2.24) is 0 Å². The van der Waals surface area contributed by atoms with Crippen molar-refractivity contribution in [2.45, 2.75) is 39.5 Å². The molecule has 3 N–H and O–H groups in total. The molecule has 1 aromatic heterocycles. The highest BCUT2D eigenvalue weighted by atomic mass is 32.1. The van der Waals surface area contributed by atoms with Crippen LogP contribution < -0.4 is 15.8 Å². The van der Waals surface area contributed by atoms with Crippen LogP contribution in [0.3, 0.4) is 0 Å². The molecule has 7 heteroatoms. The van der Waals surface area contributed by atoms with Gasteiger partial charge in [-0.1, -0.05) is 25.5 Å². The molecule has 1 aliphatic rings. The molecule has 0 saturated carbocycles. The predicted octanol–water partition coefficient (Wildman–Crippen LogP) is 4.78. The summed E-state index contributed by atoms with van der Waals surface area (Å²) in [5.74, 6) is -0.0142. The molecule has 0 unspecified atom stereocenters. The molecule has 0 bridgehead atoms. The summed E-state index contributed by atoms with van der Waals surface area (Å²) in [6, 6.07) is 9.83. The monoisotopic (exact) mass is 411 g/mol. The first-order valence-corrected chi connectivity index (χ1v) is 10.5. The normalized spacial score (nSPS) is 15.3. The summed E-state index contributed by atoms with van der Waals surface area (Å²) in [7, 11) is 0. The lowest BCUT2D eigenvalue weighted by Gasteiger charge is -2.28. The number of fused-ring (bicyclic) bond motifs is 1. The molecule has 1 atom stereocenters. The molecule has 1 aliphatic heterocycles. The molecular formula is C22H25N3O3S. The number of nitriles is 1. The third-order valence-electron chi connectivity index (χ3n) is 4.84. The van der Waals surface area contributed by atoms with Crippen LogP contribution in [-0.4, -0.2) is 19.2 Å². The van der Waals surface area contributed by atoms with Gasteiger partial charge < -0.3 is 20.5 Å². The Kier molecular flexibility index (Phi) is 6.45. The number of carbonyl (C=O) groups is 1. The number of carbonyl (C=O) groups excluding carboxylic acids is 1. The number of nitrogen functional groups attached to an aromatic ring is 1. The molecule has 0 radical (unpaired) electrons. The van der Waals surface area contributed by atoms with E-state index in [1.54, 1.807) is 6.92 Å². The van der Waals surface area contributed by atoms with Gasteiger partial charge in [0.05, 0.1) is 24.5 Å². The van der Waals surface area contributed by atoms with Crippen LogP contribution in [0.1, 0.15) is 55.5 Å². The van der Waals surface area contributed by atoms with Crippen LogP contribution in [0, 0.1) is 11.3 Å². The molecular weight excluding hydrogens is 386 g/mol. The summed E-state index contributed by atoms with van der Waals surface area (Å²) < 4.78 is 11.1. The summed E-state index contributed by atoms with van der Waals surface area (Å²) in [4.78, 5) is 13.2. The summed E-state index contributed by atoms with van der Waals surface area (Å²) in [5, 5.41) is 13.4. The van der Waals surface area contributed by atoms with E-state index in [9.17, 15) is 10.1 Å². The number of allylic oxidation sites excluding steroid dienone is 1. The van der Waals surface area contributed by atoms with E-state index >= 15 is 0 Å². The highest BCUT2D eigenvalue weighted by molar-refractivity contribution is 7.17. The number of hydrogen-bond acceptors (Lipinski definition) is 7. The fourth-order valence-electron chi connectivity index (χ4n) is 3.42. The Morgan fingerprint density at radius 1 is 1.31 bits per heavy atom. The van der Waals surface area contributed by atoms with Crippen LogP contribution in [0.25, 0.3) is 0 Å². The molecule has 29 heavy (non-hydrogen) atoms. The van der Waals surface area contributed by atoms with Crippen molar-refractivity contribution >= 4 is 28.0 Å². The van der Waals surface area contributed by atoms with Gasteiger partial charge >= 0.3 is 5.97 Å². The first kappa shape index (κ1) is 20.7. The Labute approximate surface area is 174 Å². The summed E-state index contributed by atoms with van der Waals surface area (Å²) in [6.07, 6.45) is 2.07. The maximum absolute atomic E-state index is 12.8. The zero-order chi connectivity index (χ0) is 21.0. The van der Waals surface area contributed by atoms with Crippen molar-refractivity contribution in [2.24, 2.45) is 0 Å². The van der Waals surface area contributed by atoms with Crippen molar-refractivity contribution < 1.29 is 14.3 Å². The van der Waals surface area contributed by atoms with Gasteiger partial charge in [-0.2, -0.15) is 5.26 Å². The molecule has 0 amide bonds. The summed E-state index contributed by atoms with van der Waals surface area (Å²) in [6.45, 7) is 6.69. The zero-order valence-electron chi connectivity index (χ0n) is 16.9. The standard InChI is InChI=1S/C22H25N3O3S/c1-4-6-11-28-15-9-7-14(8-10-15)18-17(22(26)27-5-2)13(3)25-21-19(18)20(24)16(12-23)29-21/h7-10,18,25H,4-6,11,24H2,1-3H3/t18-/m1/s1. The second-order valence-corrected chi connectivity index (χ2v) is 7.81. The van der Waals surface area contributed by atoms with Crippen molar-refractivity contribution in [2.75, 3.05) is 24.3 Å². The topological polar surface area (TPSA) is 97.4 Å². The van der Waals surface area contributed by atoms with Gasteiger partial charge in [-0.3, -0.25) is 0 Å². The van der Waals surface area contributed by atoms with Gasteiger partial charge in [0.15, 0.2) is 0 Å². The molecule has 3 rings (SSSR count). The van der Waals surface area contributed by atoms with Crippen LogP contribution in [0.4, 0.5) is 10.7 Å². The fraction of sp³-hybridized carbons (Fsp3) is 0.364. The number of hydrogen-bond donors (Lipinski definition) is 2. The number of esters is 1. The number of anilines is 2. The van der Waals surface area contributed by atoms with E-state index in [1.807, 2.05) is 31.2 Å². The Morgan fingerprint density at radius 2 is 2.03 bits per heavy atom. The van der Waals surface area contributed by atoms with Crippen molar-refractivity contribution in [3.05, 3.63) is 51.5 Å². The van der Waals surface area contributed by atoms with Crippen LogP contribution in [-0.2, 0) is 9.53 Å². The zero-order valence-corrected chi connectivity index (χ0v) is 17.7. The van der Waals surface area contributed by atoms with E-state index in [1.165, 1.54) is 11.3 Å². The van der Waals surface area contributed by atoms with Crippen LogP contribution in [0.2, 0.25) is 0 Å². The highest BCUT2D eigenvalue weighted by Gasteiger charge is 2.37. The molecule has 2 heterocycles. The number of nitrogens with two attached hydrogens (primary N) is 1. The molecule has 2 aromatic rings. The maximum Gasteiger partial charge on any atom is 0.336 e. The Balaban J connectivity index is 2.06. The van der Waals surface area contributed by atoms with E-state index in [0.29, 0.717) is 28.4 Å². The van der Waals surface area contributed by atoms with E-state index in [-0.39, 0.29) is 12.6 Å². The molecule has 0 saturated heterocycles. The predicted molar refractivity (Wildman–Crippen MR) is 115 cm³/mol. The Morgan fingerprint density at radius 3 is 2.66 bits per heavy atom. The number of nitrogens with one attached hydrogen (secondary N) is 1. The maximum atomic E-state index is 12.8. The molecule has 0 spiro atoms. The van der Waals surface area contributed by atoms with Crippen LogP contribution >= 0.6 is 11.3 Å². The van der Waals surface area contributed by atoms with E-state index in [4.69, 9.17) is 15.2 Å². The first-order valence-electron chi connectivity index (χ1n) is 9.71. The van der Waals surface area contributed by atoms with Crippen molar-refractivity contribution in [3.63, 3.8) is 0 Å². The Bertz CT molecular complexity index is 970. The molecule has 0 fully saturated rings. The van der Waals surface area contributed by atoms with Gasteiger partial charge in [0.1, 0.15) is 21.7 Å². The lowest BCUT2D eigenvalue weighted by atomic mass is 9.82. The first-order chi connectivity index (χ1) is 14.0. The van der Waals surface area contributed by atoms with Crippen molar-refractivity contribution in [3.8, 4) is 11.8 Å². The largest absolute Gasteiger partial charge is 0.494 e. The fourth-order valence-corrected chi connectivity index (χ4v) is 4.43. The van der Waals surface area contributed by atoms with Gasteiger partial charge in [0.2, 0.25) is 0 Å². The number of nitrogens with zero attached hydrogens (tertiary/aromatic N) is 1. The number of unbranched alkanes of at least 4 members (excludes halogenated alkanes) is 1. The van der Waals surface area contributed by atoms with Gasteiger partial charge in [-0.15, -0.1) is 11.3 Å². The Hall–Kier alpha value is -2.98. The quantitative estimate of drug-likeness (QED) is 0.503. The summed E-state index contributed by atoms with van der Waals surface area (Å²) >= 11 is 1.30. The van der Waals surface area contributed by atoms with E-state index in [0.717, 1.165) is 34.7 Å². The highest BCUT2D eigenvalue weighted by Crippen LogP contribution is 2.50. The van der Waals surface area contributed by atoms with E-state index < -0.39 is 5.92 Å². The summed E-state index contributed by atoms with van der Waals surface area (Å²) in [5.41, 5.74) is 9.57. The molecule has 152 valence electrons. The minimum absolute atomic E-state index is 0.280. The number of benzene rings is 1. The molecule has 1 aromatic carbocycles. The van der Waals surface area contributed by atoms with Crippen molar-refractivity contribution in [1.29, 1.82) is 5.26 Å². The minimum Gasteiger partial charge on any atom is -0.494 e. The minimum atomic E-state index is -0.409. The SMILES string of the molecule is CCCCOc1ccc([C@@H]2C(C(=O)OCC)=C(C)Nc3sc(C#N)c(N)c32)cc1. The number of thiophene rings is 1. The third kappa shape index (κ3) is 4.08. The van der Waals surface area contributed by atoms with Gasteiger partial charge in [0, 0.05) is 17.2 Å². The smallest absolute Gasteiger partial charge is 0.336 e. The molecule has 0 aliphatic carbocycles. The second-order valence-electron chi connectivity index (χ2n) is 6.79. The van der Waals surface area contributed by atoms with Gasteiger partial charge in [0.25, 0.3) is 0 Å². The van der Waals surface area contributed by atoms with Crippen LogP contribution in [0.5, 0.6) is 5.75 Å². The number of ether oxygens (including phenoxy) is 2. The molecule has 6 nitrogen and oxygen atoms in total. The third-order valence-corrected chi connectivity index (χ3v) is 5.88.